The Morgan fingerprint density at radius 2 is 2.00 bits per heavy atom. The van der Waals surface area contributed by atoms with E-state index >= 15 is 0 Å². The van der Waals surface area contributed by atoms with E-state index in [9.17, 15) is 0 Å². The van der Waals surface area contributed by atoms with Crippen LogP contribution in [0.1, 0.15) is 51.4 Å². The van der Waals surface area contributed by atoms with Crippen molar-refractivity contribution >= 4 is 0 Å². The second-order valence-corrected chi connectivity index (χ2v) is 6.09. The van der Waals surface area contributed by atoms with Crippen LogP contribution in [-0.4, -0.2) is 31.5 Å². The van der Waals surface area contributed by atoms with E-state index in [1.807, 2.05) is 0 Å². The second kappa shape index (κ2) is 4.87. The van der Waals surface area contributed by atoms with E-state index in [1.54, 1.807) is 0 Å². The third-order valence-electron chi connectivity index (χ3n) is 5.14. The minimum absolute atomic E-state index is 0.330. The number of hydrogen-bond donors (Lipinski definition) is 1. The molecule has 3 heteroatoms. The standard InChI is InChI=1S/C14H25NO2/c15-12-9-13(14(12)6-2-1-3-7-14)17-10-11-5-4-8-16-11/h11-13H,1-10,15H2. The Balaban J connectivity index is 1.52. The van der Waals surface area contributed by atoms with E-state index in [2.05, 4.69) is 0 Å². The Hall–Kier alpha value is -0.120. The number of nitrogens with two attached hydrogens (primary N) is 1. The molecule has 2 N–H and O–H groups in total. The molecular formula is C14H25NO2. The monoisotopic (exact) mass is 239 g/mol. The summed E-state index contributed by atoms with van der Waals surface area (Å²) < 4.78 is 11.7. The zero-order valence-electron chi connectivity index (χ0n) is 10.7. The van der Waals surface area contributed by atoms with Crippen molar-refractivity contribution in [2.24, 2.45) is 11.1 Å². The molecule has 0 aromatic rings. The summed E-state index contributed by atoms with van der Waals surface area (Å²) in [6.45, 7) is 1.71. The Bertz CT molecular complexity index is 257. The second-order valence-electron chi connectivity index (χ2n) is 6.09. The largest absolute Gasteiger partial charge is 0.376 e. The van der Waals surface area contributed by atoms with E-state index in [0.29, 0.717) is 23.7 Å². The SMILES string of the molecule is NC1CC(OCC2CCCO2)C12CCCCC2. The van der Waals surface area contributed by atoms with Gasteiger partial charge < -0.3 is 15.2 Å². The van der Waals surface area contributed by atoms with Gasteiger partial charge in [0.05, 0.1) is 18.8 Å². The molecule has 3 fully saturated rings. The van der Waals surface area contributed by atoms with Crippen LogP contribution in [0.3, 0.4) is 0 Å². The molecular weight excluding hydrogens is 214 g/mol. The normalized spacial score (nSPS) is 40.4. The molecule has 0 bridgehead atoms. The van der Waals surface area contributed by atoms with Gasteiger partial charge >= 0.3 is 0 Å². The fourth-order valence-electron chi connectivity index (χ4n) is 3.91. The lowest BCUT2D eigenvalue weighted by Gasteiger charge is -2.56. The molecule has 2 saturated carbocycles. The highest BCUT2D eigenvalue weighted by atomic mass is 16.5. The molecule has 3 nitrogen and oxygen atoms in total. The van der Waals surface area contributed by atoms with Crippen LogP contribution in [0, 0.1) is 5.41 Å². The summed E-state index contributed by atoms with van der Waals surface area (Å²) in [5, 5.41) is 0. The molecule has 1 aliphatic heterocycles. The first-order valence-corrected chi connectivity index (χ1v) is 7.30. The van der Waals surface area contributed by atoms with Crippen molar-refractivity contribution in [1.29, 1.82) is 0 Å². The summed E-state index contributed by atoms with van der Waals surface area (Å²) in [6, 6.07) is 0.386. The predicted octanol–water partition coefficient (Wildman–Crippen LogP) is 2.23. The van der Waals surface area contributed by atoms with Gasteiger partial charge in [0.25, 0.3) is 0 Å². The average Bonchev–Trinajstić information content (AvgIpc) is 2.88. The van der Waals surface area contributed by atoms with Crippen LogP contribution in [0.25, 0.3) is 0 Å². The molecule has 2 aliphatic carbocycles. The third kappa shape index (κ3) is 2.13. The molecule has 0 aromatic heterocycles. The number of hydrogen-bond acceptors (Lipinski definition) is 3. The van der Waals surface area contributed by atoms with E-state index in [1.165, 1.54) is 44.9 Å². The van der Waals surface area contributed by atoms with Crippen molar-refractivity contribution < 1.29 is 9.47 Å². The highest BCUT2D eigenvalue weighted by molar-refractivity contribution is 5.07. The summed E-state index contributed by atoms with van der Waals surface area (Å²) in [4.78, 5) is 0. The van der Waals surface area contributed by atoms with Gasteiger partial charge in [-0.3, -0.25) is 0 Å². The fourth-order valence-corrected chi connectivity index (χ4v) is 3.91. The lowest BCUT2D eigenvalue weighted by molar-refractivity contribution is -0.157. The van der Waals surface area contributed by atoms with Crippen LogP contribution >= 0.6 is 0 Å². The van der Waals surface area contributed by atoms with Crippen molar-refractivity contribution in [2.75, 3.05) is 13.2 Å². The summed E-state index contributed by atoms with van der Waals surface area (Å²) >= 11 is 0. The van der Waals surface area contributed by atoms with Crippen LogP contribution in [0.2, 0.25) is 0 Å². The lowest BCUT2D eigenvalue weighted by Crippen LogP contribution is -2.63. The van der Waals surface area contributed by atoms with Gasteiger partial charge in [-0.25, -0.2) is 0 Å². The Labute approximate surface area is 104 Å². The lowest BCUT2D eigenvalue weighted by atomic mass is 9.55. The summed E-state index contributed by atoms with van der Waals surface area (Å²) in [5.74, 6) is 0. The van der Waals surface area contributed by atoms with Gasteiger partial charge in [-0.1, -0.05) is 19.3 Å². The zero-order valence-corrected chi connectivity index (χ0v) is 10.7. The first kappa shape index (κ1) is 11.9. The summed E-state index contributed by atoms with van der Waals surface area (Å²) in [6.07, 6.45) is 10.8. The molecule has 17 heavy (non-hydrogen) atoms. The number of rotatable bonds is 3. The van der Waals surface area contributed by atoms with Gasteiger partial charge in [-0.2, -0.15) is 0 Å². The molecule has 0 aromatic carbocycles. The molecule has 3 rings (SSSR count). The van der Waals surface area contributed by atoms with Crippen LogP contribution in [0.4, 0.5) is 0 Å². The molecule has 1 saturated heterocycles. The maximum Gasteiger partial charge on any atom is 0.0809 e. The first-order chi connectivity index (χ1) is 8.31. The van der Waals surface area contributed by atoms with Gasteiger partial charge in [0, 0.05) is 18.1 Å². The molecule has 3 aliphatic rings. The summed E-state index contributed by atoms with van der Waals surface area (Å²) in [7, 11) is 0. The van der Waals surface area contributed by atoms with E-state index < -0.39 is 0 Å². The Morgan fingerprint density at radius 1 is 1.18 bits per heavy atom. The van der Waals surface area contributed by atoms with Crippen molar-refractivity contribution in [3.63, 3.8) is 0 Å². The van der Waals surface area contributed by atoms with E-state index in [-0.39, 0.29) is 0 Å². The van der Waals surface area contributed by atoms with Crippen LogP contribution in [0.15, 0.2) is 0 Å². The highest BCUT2D eigenvalue weighted by Gasteiger charge is 2.54. The Morgan fingerprint density at radius 3 is 2.65 bits per heavy atom. The van der Waals surface area contributed by atoms with Crippen LogP contribution in [-0.2, 0) is 9.47 Å². The van der Waals surface area contributed by atoms with Crippen molar-refractivity contribution in [1.82, 2.24) is 0 Å². The minimum Gasteiger partial charge on any atom is -0.376 e. The van der Waals surface area contributed by atoms with Gasteiger partial charge in [-0.15, -0.1) is 0 Å². The minimum atomic E-state index is 0.330. The molecule has 1 spiro atoms. The molecule has 3 atom stereocenters. The Kier molecular flexibility index (Phi) is 3.42. The quantitative estimate of drug-likeness (QED) is 0.821. The predicted molar refractivity (Wildman–Crippen MR) is 66.8 cm³/mol. The van der Waals surface area contributed by atoms with Gasteiger partial charge in [0.15, 0.2) is 0 Å². The third-order valence-corrected chi connectivity index (χ3v) is 5.14. The van der Waals surface area contributed by atoms with Crippen molar-refractivity contribution in [3.8, 4) is 0 Å². The van der Waals surface area contributed by atoms with E-state index in [0.717, 1.165) is 19.6 Å². The van der Waals surface area contributed by atoms with Crippen LogP contribution in [0.5, 0.6) is 0 Å². The number of ether oxygens (including phenoxy) is 2. The van der Waals surface area contributed by atoms with Gasteiger partial charge in [0.1, 0.15) is 0 Å². The molecule has 1 heterocycles. The maximum absolute atomic E-state index is 6.25. The molecule has 98 valence electrons. The maximum atomic E-state index is 6.25. The molecule has 3 unspecified atom stereocenters. The highest BCUT2D eigenvalue weighted by Crippen LogP contribution is 2.52. The topological polar surface area (TPSA) is 44.5 Å². The average molecular weight is 239 g/mol. The van der Waals surface area contributed by atoms with Gasteiger partial charge in [-0.05, 0) is 32.1 Å². The first-order valence-electron chi connectivity index (χ1n) is 7.30. The van der Waals surface area contributed by atoms with Crippen LogP contribution < -0.4 is 5.73 Å². The van der Waals surface area contributed by atoms with Gasteiger partial charge in [0.2, 0.25) is 0 Å². The zero-order chi connectivity index (χ0) is 11.7. The van der Waals surface area contributed by atoms with E-state index in [4.69, 9.17) is 15.2 Å². The van der Waals surface area contributed by atoms with Crippen molar-refractivity contribution in [2.45, 2.75) is 69.6 Å². The fraction of sp³-hybridized carbons (Fsp3) is 1.00. The van der Waals surface area contributed by atoms with Crippen molar-refractivity contribution in [3.05, 3.63) is 0 Å². The smallest absolute Gasteiger partial charge is 0.0809 e. The summed E-state index contributed by atoms with van der Waals surface area (Å²) in [5.41, 5.74) is 6.58. The molecule has 0 amide bonds. The molecule has 0 radical (unpaired) electrons.